The molecule has 0 aliphatic rings. The minimum absolute atomic E-state index is 0.0750. The molecule has 6 aromatic rings. The van der Waals surface area contributed by atoms with Crippen LogP contribution in [0.4, 0.5) is 4.39 Å². The zero-order valence-electron chi connectivity index (χ0n) is 15.8. The number of hydrogen-bond acceptors (Lipinski definition) is 6. The highest BCUT2D eigenvalue weighted by Gasteiger charge is 2.16. The highest BCUT2D eigenvalue weighted by Crippen LogP contribution is 2.35. The number of thiophene rings is 1. The van der Waals surface area contributed by atoms with Crippen LogP contribution in [-0.4, -0.2) is 35.2 Å². The maximum absolute atomic E-state index is 13.6. The topological polar surface area (TPSA) is 103 Å². The molecule has 0 spiro atoms. The molecule has 0 atom stereocenters. The van der Waals surface area contributed by atoms with Gasteiger partial charge in [-0.25, -0.2) is 9.97 Å². The van der Waals surface area contributed by atoms with Crippen molar-refractivity contribution in [2.75, 3.05) is 0 Å². The molecule has 0 fully saturated rings. The van der Waals surface area contributed by atoms with E-state index in [9.17, 15) is 9.50 Å². The molecular formula is C22H13FN6OS. The van der Waals surface area contributed by atoms with Gasteiger partial charge >= 0.3 is 0 Å². The molecule has 0 aliphatic carbocycles. The summed E-state index contributed by atoms with van der Waals surface area (Å²) >= 11 is 1.10. The van der Waals surface area contributed by atoms with Gasteiger partial charge in [-0.3, -0.25) is 10.1 Å². The second-order valence-corrected chi connectivity index (χ2v) is 8.04. The molecule has 6 aromatic heterocycles. The minimum Gasteiger partial charge on any atom is -0.506 e. The highest BCUT2D eigenvalue weighted by molar-refractivity contribution is 7.14. The van der Waals surface area contributed by atoms with Crippen LogP contribution < -0.4 is 0 Å². The van der Waals surface area contributed by atoms with Gasteiger partial charge in [0.25, 0.3) is 0 Å². The molecule has 7 nitrogen and oxygen atoms in total. The van der Waals surface area contributed by atoms with Gasteiger partial charge in [-0.05, 0) is 42.5 Å². The number of H-pyrrole nitrogens is 2. The number of aromatic amines is 2. The standard InChI is InChI=1S/C22H13FN6OS/c23-19-4-3-18(31-19)13-5-6-25-22-14(13)8-17(27-22)21-20-16(28-29-21)2-1-15(26-20)11-7-12(30)10-24-9-11/h1-10,30H,(H,25,27)(H,28,29). The van der Waals surface area contributed by atoms with Gasteiger partial charge in [0.15, 0.2) is 5.13 Å². The average molecular weight is 428 g/mol. The summed E-state index contributed by atoms with van der Waals surface area (Å²) in [5.41, 5.74) is 5.81. The third-order valence-electron chi connectivity index (χ3n) is 5.05. The molecular weight excluding hydrogens is 415 g/mol. The lowest BCUT2D eigenvalue weighted by Gasteiger charge is -2.01. The Bertz CT molecular complexity index is 1580. The number of fused-ring (bicyclic) bond motifs is 2. The summed E-state index contributed by atoms with van der Waals surface area (Å²) in [5, 5.41) is 17.8. The summed E-state index contributed by atoms with van der Waals surface area (Å²) in [4.78, 5) is 17.3. The maximum atomic E-state index is 13.6. The van der Waals surface area contributed by atoms with Crippen molar-refractivity contribution < 1.29 is 9.50 Å². The predicted molar refractivity (Wildman–Crippen MR) is 117 cm³/mol. The number of halogens is 1. The van der Waals surface area contributed by atoms with Crippen LogP contribution in [0.15, 0.2) is 61.1 Å². The van der Waals surface area contributed by atoms with Crippen molar-refractivity contribution in [3.63, 3.8) is 0 Å². The number of nitrogens with zero attached hydrogens (tertiary/aromatic N) is 4. The smallest absolute Gasteiger partial charge is 0.176 e. The molecule has 6 heterocycles. The van der Waals surface area contributed by atoms with Crippen LogP contribution in [0.3, 0.4) is 0 Å². The normalized spacial score (nSPS) is 11.5. The van der Waals surface area contributed by atoms with Crippen molar-refractivity contribution in [2.24, 2.45) is 0 Å². The van der Waals surface area contributed by atoms with Crippen molar-refractivity contribution in [3.8, 4) is 38.8 Å². The number of pyridine rings is 3. The third kappa shape index (κ3) is 2.94. The zero-order valence-corrected chi connectivity index (χ0v) is 16.6. The Morgan fingerprint density at radius 1 is 1.03 bits per heavy atom. The van der Waals surface area contributed by atoms with Gasteiger partial charge in [-0.1, -0.05) is 0 Å². The van der Waals surface area contributed by atoms with Crippen LogP contribution in [0.1, 0.15) is 0 Å². The average Bonchev–Trinajstić information content (AvgIpc) is 3.50. The summed E-state index contributed by atoms with van der Waals surface area (Å²) in [7, 11) is 0. The van der Waals surface area contributed by atoms with Crippen molar-refractivity contribution in [3.05, 3.63) is 66.2 Å². The van der Waals surface area contributed by atoms with E-state index in [1.165, 1.54) is 12.3 Å². The molecule has 0 aliphatic heterocycles. The lowest BCUT2D eigenvalue weighted by molar-refractivity contribution is 0.473. The van der Waals surface area contributed by atoms with Crippen LogP contribution >= 0.6 is 11.3 Å². The van der Waals surface area contributed by atoms with Gasteiger partial charge in [-0.2, -0.15) is 9.49 Å². The Hall–Kier alpha value is -4.11. The monoisotopic (exact) mass is 428 g/mol. The summed E-state index contributed by atoms with van der Waals surface area (Å²) in [6.45, 7) is 0. The molecule has 0 unspecified atom stereocenters. The molecule has 0 radical (unpaired) electrons. The predicted octanol–water partition coefficient (Wildman–Crippen LogP) is 5.14. The molecule has 0 saturated heterocycles. The minimum atomic E-state index is -0.229. The fraction of sp³-hybridized carbons (Fsp3) is 0. The second-order valence-electron chi connectivity index (χ2n) is 7.00. The maximum Gasteiger partial charge on any atom is 0.176 e. The molecule has 0 saturated carbocycles. The van der Waals surface area contributed by atoms with E-state index in [1.807, 2.05) is 24.3 Å². The first-order valence-electron chi connectivity index (χ1n) is 9.39. The lowest BCUT2D eigenvalue weighted by Crippen LogP contribution is -1.87. The molecule has 9 heteroatoms. The van der Waals surface area contributed by atoms with E-state index in [-0.39, 0.29) is 10.9 Å². The van der Waals surface area contributed by atoms with E-state index in [1.54, 1.807) is 24.5 Å². The Balaban J connectivity index is 1.51. The molecule has 0 bridgehead atoms. The Labute approximate surface area is 178 Å². The van der Waals surface area contributed by atoms with Crippen LogP contribution in [0.25, 0.3) is 55.2 Å². The van der Waals surface area contributed by atoms with Gasteiger partial charge in [-0.15, -0.1) is 11.3 Å². The molecule has 0 amide bonds. The first kappa shape index (κ1) is 17.7. The van der Waals surface area contributed by atoms with E-state index < -0.39 is 0 Å². The second kappa shape index (κ2) is 6.71. The highest BCUT2D eigenvalue weighted by atomic mass is 32.1. The molecule has 31 heavy (non-hydrogen) atoms. The van der Waals surface area contributed by atoms with Crippen molar-refractivity contribution in [1.29, 1.82) is 0 Å². The zero-order chi connectivity index (χ0) is 20.9. The largest absolute Gasteiger partial charge is 0.506 e. The van der Waals surface area contributed by atoms with Gasteiger partial charge < -0.3 is 10.1 Å². The van der Waals surface area contributed by atoms with Crippen LogP contribution in [0.2, 0.25) is 0 Å². The van der Waals surface area contributed by atoms with E-state index in [4.69, 9.17) is 4.98 Å². The van der Waals surface area contributed by atoms with Crippen LogP contribution in [0.5, 0.6) is 5.75 Å². The van der Waals surface area contributed by atoms with Gasteiger partial charge in [0, 0.05) is 33.8 Å². The van der Waals surface area contributed by atoms with E-state index in [0.717, 1.165) is 38.4 Å². The van der Waals surface area contributed by atoms with Gasteiger partial charge in [0.1, 0.15) is 22.6 Å². The van der Waals surface area contributed by atoms with E-state index in [2.05, 4.69) is 25.1 Å². The number of aromatic hydroxyl groups is 1. The summed E-state index contributed by atoms with van der Waals surface area (Å²) in [6.07, 6.45) is 4.72. The third-order valence-corrected chi connectivity index (χ3v) is 5.96. The quantitative estimate of drug-likeness (QED) is 0.362. The van der Waals surface area contributed by atoms with Crippen LogP contribution in [0, 0.1) is 5.13 Å². The van der Waals surface area contributed by atoms with Gasteiger partial charge in [0.2, 0.25) is 0 Å². The van der Waals surface area contributed by atoms with Gasteiger partial charge in [0.05, 0.1) is 23.1 Å². The Morgan fingerprint density at radius 3 is 2.81 bits per heavy atom. The SMILES string of the molecule is Oc1cncc(-c2ccc3[nH]nc(-c4cc5c(-c6ccc(F)s6)ccnc5[nH]4)c3n2)c1. The Morgan fingerprint density at radius 2 is 1.97 bits per heavy atom. The summed E-state index contributed by atoms with van der Waals surface area (Å²) < 4.78 is 13.6. The molecule has 6 rings (SSSR count). The van der Waals surface area contributed by atoms with E-state index in [0.29, 0.717) is 28.1 Å². The fourth-order valence-corrected chi connectivity index (χ4v) is 4.41. The summed E-state index contributed by atoms with van der Waals surface area (Å²) in [5.74, 6) is 0.0750. The number of hydrogen-bond donors (Lipinski definition) is 3. The number of nitrogens with one attached hydrogen (secondary N) is 2. The van der Waals surface area contributed by atoms with Crippen LogP contribution in [-0.2, 0) is 0 Å². The van der Waals surface area contributed by atoms with Crippen molar-refractivity contribution in [2.45, 2.75) is 0 Å². The fourth-order valence-electron chi connectivity index (χ4n) is 3.64. The van der Waals surface area contributed by atoms with Crippen molar-refractivity contribution >= 4 is 33.4 Å². The molecule has 3 N–H and O–H groups in total. The Kier molecular flexibility index (Phi) is 3.84. The number of rotatable bonds is 3. The lowest BCUT2D eigenvalue weighted by atomic mass is 10.1. The van der Waals surface area contributed by atoms with E-state index >= 15 is 0 Å². The summed E-state index contributed by atoms with van der Waals surface area (Å²) in [6, 6.07) is 12.4. The molecule has 0 aromatic carbocycles. The molecule has 150 valence electrons. The first-order valence-corrected chi connectivity index (χ1v) is 10.2. The van der Waals surface area contributed by atoms with Crippen molar-refractivity contribution in [1.82, 2.24) is 30.1 Å². The first-order chi connectivity index (χ1) is 15.2. The number of aromatic nitrogens is 6.